The predicted octanol–water partition coefficient (Wildman–Crippen LogP) is 25.0. The highest BCUT2D eigenvalue weighted by Crippen LogP contribution is 2.42. The highest BCUT2D eigenvalue weighted by molar-refractivity contribution is 5.90. The zero-order valence-electron chi connectivity index (χ0n) is 82.4. The Balaban J connectivity index is 0.000000132. The second-order valence-corrected chi connectivity index (χ2v) is 38.1. The van der Waals surface area contributed by atoms with Crippen molar-refractivity contribution in [1.82, 2.24) is 0 Å². The third kappa shape index (κ3) is 27.6. The molecule has 20 rings (SSSR count). The molecule has 5 aliphatic heterocycles. The van der Waals surface area contributed by atoms with Crippen molar-refractivity contribution in [3.05, 3.63) is 494 Å². The number of benzene rings is 15. The van der Waals surface area contributed by atoms with E-state index in [4.69, 9.17) is 30.3 Å². The molecule has 0 aromatic heterocycles. The number of hydrogen-bond donors (Lipinski definition) is 6. The Morgan fingerprint density at radius 2 is 0.541 bits per heavy atom. The Labute approximate surface area is 856 Å². The third-order valence-corrected chi connectivity index (χ3v) is 27.8. The van der Waals surface area contributed by atoms with Crippen LogP contribution >= 0.6 is 0 Å². The fourth-order valence-electron chi connectivity index (χ4n) is 20.5. The van der Waals surface area contributed by atoms with Crippen molar-refractivity contribution in [2.75, 3.05) is 64.3 Å². The summed E-state index contributed by atoms with van der Waals surface area (Å²) in [5.74, 6) is -5.33. The van der Waals surface area contributed by atoms with Crippen LogP contribution < -0.4 is 29.2 Å². The minimum atomic E-state index is -4.36. The average Bonchev–Trinajstić information content (AvgIpc) is 1.66. The normalized spacial score (nSPS) is 12.9. The molecule has 0 aliphatic carbocycles. The summed E-state index contributed by atoms with van der Waals surface area (Å²) in [4.78, 5) is 66.6. The molecule has 148 heavy (non-hydrogen) atoms. The summed E-state index contributed by atoms with van der Waals surface area (Å²) in [5, 5.41) is 54.8. The molecule has 0 saturated carbocycles. The molecule has 0 radical (unpaired) electrons. The number of anilines is 5. The highest BCUT2D eigenvalue weighted by atomic mass is 19.4. The lowest BCUT2D eigenvalue weighted by molar-refractivity contribution is -0.137. The van der Waals surface area contributed by atoms with Crippen LogP contribution in [0.2, 0.25) is 0 Å². The number of carbonyl (C=O) groups is 5. The van der Waals surface area contributed by atoms with Gasteiger partial charge in [-0.1, -0.05) is 194 Å². The largest absolute Gasteiger partial charge is 0.497 e. The van der Waals surface area contributed by atoms with Crippen molar-refractivity contribution < 1.29 is 90.1 Å². The molecule has 758 valence electrons. The van der Waals surface area contributed by atoms with Gasteiger partial charge < -0.3 is 59.9 Å². The number of aliphatic hydroxyl groups is 1. The summed E-state index contributed by atoms with van der Waals surface area (Å²) in [6.07, 6.45) is 8.85. The number of aliphatic hydroxyl groups excluding tert-OH is 1. The van der Waals surface area contributed by atoms with E-state index in [1.807, 2.05) is 115 Å². The molecule has 0 unspecified atom stereocenters. The Morgan fingerprint density at radius 1 is 0.270 bits per heavy atom. The maximum absolute atomic E-state index is 13.6. The van der Waals surface area contributed by atoms with Gasteiger partial charge in [-0.2, -0.15) is 13.2 Å². The smallest absolute Gasteiger partial charge is 0.416 e. The molecule has 0 saturated heterocycles. The van der Waals surface area contributed by atoms with Crippen LogP contribution in [0, 0.1) is 30.2 Å². The molecule has 0 bridgehead atoms. The molecule has 0 atom stereocenters. The molecule has 5 aliphatic rings. The SMILES string of the molecule is COc1cc(CO)cc(CN2CCc3cccc(CCc4ccc(C(=O)O)cc4)c32)c1.Cc1cc(CN2CCc3cccc(CCc4ccc(C(=O)O)cc4)c32)cc(C(F)(F)F)c1.O=C(O)c1ccc(CCc2cccc3c2N(Cc2cc(F)cc(F)c2)CC3)cc1.O=C(O)c1ccc(CCc2cccc3c2N(Cc2ccc(F)cc2)CC3)cc1.O=C(O)c1ccc(CCc2cccc3c2N(Cc2cccc(F)c2)CC3)cc1. The molecule has 5 heterocycles. The second-order valence-electron chi connectivity index (χ2n) is 38.1. The van der Waals surface area contributed by atoms with Gasteiger partial charge in [0.25, 0.3) is 0 Å². The molecule has 6 N–H and O–H groups in total. The summed E-state index contributed by atoms with van der Waals surface area (Å²) in [6, 6.07) is 94.3. The average molecular weight is 2000 g/mol. The first-order chi connectivity index (χ1) is 71.5. The summed E-state index contributed by atoms with van der Waals surface area (Å²) in [6.45, 7) is 9.29. The van der Waals surface area contributed by atoms with E-state index < -0.39 is 53.2 Å². The standard InChI is InChI=1S/C26H24F3NO2.C26H27NO4.C24H21F2NO2.2C24H22FNO2/c1-17-13-19(15-23(14-17)26(27,28)29)16-30-12-11-21-4-2-3-20(24(21)30)8-5-18-6-9-22(10-7-18)25(31)32;1-31-24-14-19(13-20(15-24)17-28)16-27-12-11-22-4-2-3-21(25(22)27)8-5-18-6-9-23(10-7-18)26(29)30;25-21-12-17(13-22(26)14-21)15-27-11-10-19-3-1-2-18(23(19)27)7-4-16-5-8-20(9-6-16)24(28)29;25-22-6-1-3-18(15-22)16-26-14-13-20-5-2-4-19(23(20)26)10-7-17-8-11-21(12-9-17)24(27)28;25-22-12-7-18(8-13-22)16-26-15-14-20-3-1-2-19(23(20)26)9-4-17-5-10-21(11-6-17)24(27)28/h2-4,6-7,9-10,13-15H,5,8,11-12,16H2,1H3,(H,31,32);2-4,6-7,9-10,13-15,28H,5,8,11-12,16-17H2,1H3,(H,29,30);1-3,5-6,8-9,12-14H,4,7,10-11,15H2,(H,28,29);1-6,8-9,11-12,15H,7,10,13-14,16H2,(H,27,28);1-3,5-8,10-13H,4,9,14-16H2,(H,27,28). The number of methoxy groups -OCH3 is 1. The molecule has 0 spiro atoms. The number of carboxylic acids is 5. The van der Waals surface area contributed by atoms with Crippen molar-refractivity contribution in [2.45, 2.75) is 149 Å². The Kier molecular flexibility index (Phi) is 34.5. The number of nitrogens with zero attached hydrogens (tertiary/aromatic N) is 5. The minimum absolute atomic E-state index is 0.00724. The number of halogens is 7. The quantitative estimate of drug-likeness (QED) is 0.0215. The summed E-state index contributed by atoms with van der Waals surface area (Å²) in [5.41, 5.74) is 31.2. The number of ether oxygens (including phenoxy) is 1. The van der Waals surface area contributed by atoms with Crippen molar-refractivity contribution in [2.24, 2.45) is 0 Å². The van der Waals surface area contributed by atoms with Crippen LogP contribution in [0.15, 0.2) is 315 Å². The summed E-state index contributed by atoms with van der Waals surface area (Å²) in [7, 11) is 1.65. The van der Waals surface area contributed by atoms with E-state index >= 15 is 0 Å². The lowest BCUT2D eigenvalue weighted by atomic mass is 9.99. The molecule has 0 amide bonds. The molecule has 15 aromatic rings. The van der Waals surface area contributed by atoms with Crippen molar-refractivity contribution >= 4 is 58.3 Å². The zero-order chi connectivity index (χ0) is 104. The molecule has 24 heteroatoms. The fraction of sp³-hybridized carbons (Fsp3) is 0.234. The van der Waals surface area contributed by atoms with Gasteiger partial charge >= 0.3 is 36.0 Å². The van der Waals surface area contributed by atoms with Crippen molar-refractivity contribution in [3.8, 4) is 5.75 Å². The topological polar surface area (TPSA) is 232 Å². The Morgan fingerprint density at radius 3 is 0.831 bits per heavy atom. The number of para-hydroxylation sites is 5. The molecule has 17 nitrogen and oxygen atoms in total. The van der Waals surface area contributed by atoms with Crippen LogP contribution in [0.3, 0.4) is 0 Å². The van der Waals surface area contributed by atoms with Crippen LogP contribution in [0.25, 0.3) is 0 Å². The van der Waals surface area contributed by atoms with Gasteiger partial charge in [-0.15, -0.1) is 0 Å². The lowest BCUT2D eigenvalue weighted by Gasteiger charge is -2.23. The number of alkyl halides is 3. The highest BCUT2D eigenvalue weighted by Gasteiger charge is 2.33. The first-order valence-corrected chi connectivity index (χ1v) is 49.8. The number of aromatic carboxylic acids is 5. The molecular formula is C124H116F7N5O12. The molecule has 0 fully saturated rings. The van der Waals surface area contributed by atoms with E-state index in [0.29, 0.717) is 53.0 Å². The maximum atomic E-state index is 13.6. The number of rotatable bonds is 32. The van der Waals surface area contributed by atoms with Gasteiger partial charge in [-0.25, -0.2) is 41.5 Å². The van der Waals surface area contributed by atoms with Gasteiger partial charge in [0.15, 0.2) is 0 Å². The molecule has 15 aromatic carbocycles. The van der Waals surface area contributed by atoms with E-state index in [2.05, 4.69) is 103 Å². The third-order valence-electron chi connectivity index (χ3n) is 27.8. The van der Waals surface area contributed by atoms with E-state index in [1.54, 1.807) is 86.8 Å². The minimum Gasteiger partial charge on any atom is -0.497 e. The number of aryl methyl sites for hydroxylation is 11. The predicted molar refractivity (Wildman–Crippen MR) is 564 cm³/mol. The van der Waals surface area contributed by atoms with Gasteiger partial charge in [-0.05, 0) is 341 Å². The zero-order valence-corrected chi connectivity index (χ0v) is 82.4. The second kappa shape index (κ2) is 48.7. The van der Waals surface area contributed by atoms with Crippen LogP contribution in [0.5, 0.6) is 5.75 Å². The van der Waals surface area contributed by atoms with Crippen molar-refractivity contribution in [3.63, 3.8) is 0 Å². The summed E-state index contributed by atoms with van der Waals surface area (Å²) >= 11 is 0. The van der Waals surface area contributed by atoms with Crippen LogP contribution in [0.4, 0.5) is 59.2 Å². The van der Waals surface area contributed by atoms with Crippen LogP contribution in [0.1, 0.15) is 180 Å². The van der Waals surface area contributed by atoms with E-state index in [-0.39, 0.29) is 29.4 Å². The number of hydrogen-bond acceptors (Lipinski definition) is 12. The van der Waals surface area contributed by atoms with E-state index in [0.717, 1.165) is 221 Å². The Hall–Kier alpha value is -16.1. The molecular weight excluding hydrogens is 1880 g/mol. The first kappa shape index (κ1) is 105. The van der Waals surface area contributed by atoms with Gasteiger partial charge in [0.1, 0.15) is 29.0 Å². The Bertz CT molecular complexity index is 7190. The number of carboxylic acid groups (broad SMARTS) is 5. The van der Waals surface area contributed by atoms with Gasteiger partial charge in [0.05, 0.1) is 47.1 Å². The monoisotopic (exact) mass is 2000 g/mol. The summed E-state index contributed by atoms with van der Waals surface area (Å²) < 4.78 is 99.0. The van der Waals surface area contributed by atoms with E-state index in [1.165, 1.54) is 110 Å². The first-order valence-electron chi connectivity index (χ1n) is 49.8. The lowest BCUT2D eigenvalue weighted by Crippen LogP contribution is -2.21. The number of fused-ring (bicyclic) bond motifs is 5. The van der Waals surface area contributed by atoms with Gasteiger partial charge in [0, 0.05) is 100.0 Å². The maximum Gasteiger partial charge on any atom is 0.416 e. The van der Waals surface area contributed by atoms with Gasteiger partial charge in [0.2, 0.25) is 0 Å². The van der Waals surface area contributed by atoms with E-state index in [9.17, 15) is 59.8 Å². The van der Waals surface area contributed by atoms with Crippen LogP contribution in [-0.4, -0.2) is 100 Å². The van der Waals surface area contributed by atoms with Gasteiger partial charge in [-0.3, -0.25) is 0 Å². The van der Waals surface area contributed by atoms with Crippen molar-refractivity contribution in [1.29, 1.82) is 0 Å². The van der Waals surface area contributed by atoms with Crippen LogP contribution in [-0.2, 0) is 142 Å². The fourth-order valence-corrected chi connectivity index (χ4v) is 20.5.